The van der Waals surface area contributed by atoms with Crippen LogP contribution in [0.4, 0.5) is 11.6 Å². The fourth-order valence-corrected chi connectivity index (χ4v) is 4.94. The zero-order valence-corrected chi connectivity index (χ0v) is 18.8. The Labute approximate surface area is 186 Å². The van der Waals surface area contributed by atoms with Gasteiger partial charge in [0.05, 0.1) is 29.9 Å². The number of pyridine rings is 1. The van der Waals surface area contributed by atoms with Gasteiger partial charge in [0.1, 0.15) is 0 Å². The Bertz CT molecular complexity index is 1110. The Hall–Kier alpha value is -2.48. The number of aliphatic hydroxyl groups is 1. The van der Waals surface area contributed by atoms with Gasteiger partial charge in [0, 0.05) is 41.3 Å². The number of hydrogen-bond donors (Lipinski definition) is 1. The molecule has 7 heteroatoms. The second-order valence-corrected chi connectivity index (χ2v) is 10.1. The third kappa shape index (κ3) is 3.60. The van der Waals surface area contributed by atoms with E-state index in [1.807, 2.05) is 36.3 Å². The van der Waals surface area contributed by atoms with E-state index in [0.717, 1.165) is 42.3 Å². The van der Waals surface area contributed by atoms with Gasteiger partial charge in [0.25, 0.3) is 0 Å². The van der Waals surface area contributed by atoms with E-state index in [2.05, 4.69) is 35.0 Å². The lowest BCUT2D eigenvalue weighted by Gasteiger charge is -2.38. The minimum atomic E-state index is -0.925. The van der Waals surface area contributed by atoms with Crippen LogP contribution < -0.4 is 4.90 Å². The smallest absolute Gasteiger partial charge is 0.229 e. The Morgan fingerprint density at radius 2 is 1.90 bits per heavy atom. The molecule has 1 fully saturated rings. The summed E-state index contributed by atoms with van der Waals surface area (Å²) in [5, 5.41) is 10.3. The highest BCUT2D eigenvalue weighted by molar-refractivity contribution is 7.99. The maximum Gasteiger partial charge on any atom is 0.229 e. The van der Waals surface area contributed by atoms with Gasteiger partial charge >= 0.3 is 0 Å². The predicted octanol–water partition coefficient (Wildman–Crippen LogP) is 4.30. The summed E-state index contributed by atoms with van der Waals surface area (Å²) in [7, 11) is 0. The standard InChI is InChI=1S/C24H26N4O2S/c1-4-31-18-5-6-19-21(10-18)28(13-24(19)14-30-15-24)22-26-11-16(12-27-22)20-9-17(7-8-25-20)23(2,3)29/h5-12,29H,4,13-15H2,1-3H3. The summed E-state index contributed by atoms with van der Waals surface area (Å²) < 4.78 is 5.59. The van der Waals surface area contributed by atoms with E-state index in [1.54, 1.807) is 20.0 Å². The summed E-state index contributed by atoms with van der Waals surface area (Å²) in [6.07, 6.45) is 5.33. The predicted molar refractivity (Wildman–Crippen MR) is 123 cm³/mol. The topological polar surface area (TPSA) is 71.4 Å². The molecule has 2 aromatic heterocycles. The Morgan fingerprint density at radius 3 is 2.55 bits per heavy atom. The molecule has 3 aromatic rings. The van der Waals surface area contributed by atoms with Crippen LogP contribution in [0, 0.1) is 0 Å². The molecule has 0 bridgehead atoms. The molecule has 0 amide bonds. The molecule has 1 spiro atoms. The largest absolute Gasteiger partial charge is 0.386 e. The van der Waals surface area contributed by atoms with E-state index < -0.39 is 5.60 Å². The van der Waals surface area contributed by atoms with Crippen LogP contribution >= 0.6 is 11.8 Å². The number of rotatable bonds is 5. The van der Waals surface area contributed by atoms with Crippen LogP contribution in [0.2, 0.25) is 0 Å². The van der Waals surface area contributed by atoms with E-state index in [0.29, 0.717) is 5.95 Å². The number of thioether (sulfide) groups is 1. The fourth-order valence-electron chi connectivity index (χ4n) is 4.25. The van der Waals surface area contributed by atoms with Crippen LogP contribution in [0.5, 0.6) is 0 Å². The lowest BCUT2D eigenvalue weighted by atomic mass is 9.81. The van der Waals surface area contributed by atoms with Gasteiger partial charge in [-0.15, -0.1) is 11.8 Å². The molecule has 4 heterocycles. The van der Waals surface area contributed by atoms with Crippen LogP contribution in [-0.2, 0) is 15.8 Å². The summed E-state index contributed by atoms with van der Waals surface area (Å²) in [5.41, 5.74) is 4.00. The molecule has 31 heavy (non-hydrogen) atoms. The SMILES string of the molecule is CCSc1ccc2c(c1)N(c1ncc(-c3cc(C(C)(C)O)ccn3)cn1)CC21COC1. The van der Waals surface area contributed by atoms with Crippen molar-refractivity contribution >= 4 is 23.4 Å². The van der Waals surface area contributed by atoms with Crippen LogP contribution in [-0.4, -0.2) is 45.6 Å². The van der Waals surface area contributed by atoms with Crippen molar-refractivity contribution in [3.05, 3.63) is 60.0 Å². The van der Waals surface area contributed by atoms with E-state index in [9.17, 15) is 5.11 Å². The lowest BCUT2D eigenvalue weighted by molar-refractivity contribution is -0.0507. The van der Waals surface area contributed by atoms with Crippen molar-refractivity contribution in [3.63, 3.8) is 0 Å². The summed E-state index contributed by atoms with van der Waals surface area (Å²) in [5.74, 6) is 1.72. The molecule has 0 unspecified atom stereocenters. The van der Waals surface area contributed by atoms with E-state index in [4.69, 9.17) is 14.7 Å². The van der Waals surface area contributed by atoms with Crippen molar-refractivity contribution in [1.29, 1.82) is 0 Å². The molecule has 0 saturated carbocycles. The first-order valence-electron chi connectivity index (χ1n) is 10.5. The van der Waals surface area contributed by atoms with Crippen LogP contribution in [0.15, 0.2) is 53.8 Å². The normalized spacial score (nSPS) is 17.0. The van der Waals surface area contributed by atoms with Crippen molar-refractivity contribution in [3.8, 4) is 11.3 Å². The molecule has 0 radical (unpaired) electrons. The maximum absolute atomic E-state index is 10.3. The lowest BCUT2D eigenvalue weighted by Crippen LogP contribution is -2.49. The van der Waals surface area contributed by atoms with Gasteiger partial charge in [-0.3, -0.25) is 4.98 Å². The quantitative estimate of drug-likeness (QED) is 0.600. The molecular weight excluding hydrogens is 408 g/mol. The number of hydrogen-bond acceptors (Lipinski definition) is 7. The molecule has 2 aliphatic rings. The number of ether oxygens (including phenoxy) is 1. The number of aromatic nitrogens is 3. The van der Waals surface area contributed by atoms with E-state index in [1.165, 1.54) is 16.1 Å². The van der Waals surface area contributed by atoms with Gasteiger partial charge in [-0.25, -0.2) is 9.97 Å². The van der Waals surface area contributed by atoms with Gasteiger partial charge in [0.2, 0.25) is 5.95 Å². The van der Waals surface area contributed by atoms with Crippen molar-refractivity contribution < 1.29 is 9.84 Å². The van der Waals surface area contributed by atoms with Crippen molar-refractivity contribution in [2.45, 2.75) is 36.7 Å². The van der Waals surface area contributed by atoms with Gasteiger partial charge in [-0.1, -0.05) is 13.0 Å². The molecular formula is C24H26N4O2S. The summed E-state index contributed by atoms with van der Waals surface area (Å²) in [6.45, 7) is 8.00. The van der Waals surface area contributed by atoms with Gasteiger partial charge in [-0.05, 0) is 55.0 Å². The Morgan fingerprint density at radius 1 is 1.13 bits per heavy atom. The van der Waals surface area contributed by atoms with E-state index >= 15 is 0 Å². The number of anilines is 2. The van der Waals surface area contributed by atoms with Crippen LogP contribution in [0.25, 0.3) is 11.3 Å². The zero-order chi connectivity index (χ0) is 21.6. The van der Waals surface area contributed by atoms with Gasteiger partial charge in [0.15, 0.2) is 0 Å². The molecule has 1 N–H and O–H groups in total. The third-order valence-corrected chi connectivity index (χ3v) is 6.88. The molecule has 1 aromatic carbocycles. The summed E-state index contributed by atoms with van der Waals surface area (Å²) in [6, 6.07) is 10.4. The van der Waals surface area contributed by atoms with Gasteiger partial charge < -0.3 is 14.7 Å². The number of benzene rings is 1. The summed E-state index contributed by atoms with van der Waals surface area (Å²) >= 11 is 1.84. The van der Waals surface area contributed by atoms with Crippen molar-refractivity contribution in [2.24, 2.45) is 0 Å². The third-order valence-electron chi connectivity index (χ3n) is 6.00. The Kier molecular flexibility index (Phi) is 5.00. The molecule has 0 atom stereocenters. The molecule has 6 nitrogen and oxygen atoms in total. The van der Waals surface area contributed by atoms with E-state index in [-0.39, 0.29) is 5.41 Å². The average molecular weight is 435 g/mol. The number of nitrogens with zero attached hydrogens (tertiary/aromatic N) is 4. The fraction of sp³-hybridized carbons (Fsp3) is 0.375. The second-order valence-electron chi connectivity index (χ2n) is 8.73. The highest BCUT2D eigenvalue weighted by Gasteiger charge is 2.49. The van der Waals surface area contributed by atoms with Crippen molar-refractivity contribution in [1.82, 2.24) is 15.0 Å². The monoisotopic (exact) mass is 434 g/mol. The first kappa shape index (κ1) is 20.4. The van der Waals surface area contributed by atoms with Crippen molar-refractivity contribution in [2.75, 3.05) is 30.4 Å². The second kappa shape index (κ2) is 7.58. The van der Waals surface area contributed by atoms with Crippen LogP contribution in [0.3, 0.4) is 0 Å². The van der Waals surface area contributed by atoms with Gasteiger partial charge in [-0.2, -0.15) is 0 Å². The molecule has 0 aliphatic carbocycles. The molecule has 2 aliphatic heterocycles. The Balaban J connectivity index is 1.48. The van der Waals surface area contributed by atoms with Crippen LogP contribution in [0.1, 0.15) is 31.9 Å². The molecule has 160 valence electrons. The molecule has 5 rings (SSSR count). The maximum atomic E-state index is 10.3. The molecule has 1 saturated heterocycles. The average Bonchev–Trinajstić information content (AvgIpc) is 3.09. The first-order valence-corrected chi connectivity index (χ1v) is 11.5. The minimum absolute atomic E-state index is 0.0371. The number of fused-ring (bicyclic) bond motifs is 2. The minimum Gasteiger partial charge on any atom is -0.386 e. The zero-order valence-electron chi connectivity index (χ0n) is 18.0. The summed E-state index contributed by atoms with van der Waals surface area (Å²) in [4.78, 5) is 17.3. The highest BCUT2D eigenvalue weighted by Crippen LogP contribution is 2.48. The first-order chi connectivity index (χ1) is 14.9. The highest BCUT2D eigenvalue weighted by atomic mass is 32.2.